The molecule has 2 amide bonds. The van der Waals surface area contributed by atoms with Crippen LogP contribution in [0.3, 0.4) is 0 Å². The molecule has 2 aliphatic rings. The lowest BCUT2D eigenvalue weighted by Crippen LogP contribution is -2.50. The third-order valence-electron chi connectivity index (χ3n) is 7.81. The van der Waals surface area contributed by atoms with Gasteiger partial charge < -0.3 is 24.6 Å². The minimum atomic E-state index is -0.523. The first-order valence-corrected chi connectivity index (χ1v) is 16.3. The molecule has 13 heteroatoms. The maximum Gasteiger partial charge on any atom is 0.410 e. The smallest absolute Gasteiger partial charge is 0.410 e. The number of nitrogens with one attached hydrogen (secondary N) is 1. The molecule has 0 bridgehead atoms. The van der Waals surface area contributed by atoms with Gasteiger partial charge in [0, 0.05) is 67.9 Å². The van der Waals surface area contributed by atoms with E-state index in [1.54, 1.807) is 36.2 Å². The molecule has 11 nitrogen and oxygen atoms in total. The van der Waals surface area contributed by atoms with E-state index in [2.05, 4.69) is 20.1 Å². The lowest BCUT2D eigenvalue weighted by Gasteiger charge is -2.36. The number of carbonyl (C=O) groups excluding carboxylic acids is 2. The number of piperazine rings is 1. The number of hydrogen-bond donors (Lipinski definition) is 1. The van der Waals surface area contributed by atoms with Gasteiger partial charge in [-0.1, -0.05) is 23.2 Å². The predicted molar refractivity (Wildman–Crippen MR) is 179 cm³/mol. The molecule has 2 aliphatic heterocycles. The summed E-state index contributed by atoms with van der Waals surface area (Å²) in [7, 11) is 0. The Morgan fingerprint density at radius 1 is 0.957 bits per heavy atom. The molecule has 2 fully saturated rings. The van der Waals surface area contributed by atoms with E-state index in [-0.39, 0.29) is 12.0 Å². The Hall–Kier alpha value is -3.67. The first kappa shape index (κ1) is 33.7. The van der Waals surface area contributed by atoms with Crippen LogP contribution in [0.15, 0.2) is 42.6 Å². The largest absolute Gasteiger partial charge is 0.444 e. The third kappa shape index (κ3) is 9.67. The second-order valence-electron chi connectivity index (χ2n) is 12.7. The second-order valence-corrected chi connectivity index (χ2v) is 13.6. The van der Waals surface area contributed by atoms with Gasteiger partial charge in [-0.3, -0.25) is 9.69 Å². The molecule has 0 radical (unpaired) electrons. The first-order valence-electron chi connectivity index (χ1n) is 15.6. The highest BCUT2D eigenvalue weighted by Crippen LogP contribution is 2.29. The Balaban J connectivity index is 1.26. The average molecular weight is 671 g/mol. The van der Waals surface area contributed by atoms with Crippen LogP contribution in [0.5, 0.6) is 11.6 Å². The molecule has 0 spiro atoms. The molecule has 46 heavy (non-hydrogen) atoms. The van der Waals surface area contributed by atoms with Gasteiger partial charge in [0.2, 0.25) is 11.8 Å². The zero-order valence-corrected chi connectivity index (χ0v) is 28.3. The zero-order chi connectivity index (χ0) is 32.8. The fraction of sp³-hybridized carbons (Fsp3) is 0.485. The Labute approximate surface area is 280 Å². The van der Waals surface area contributed by atoms with E-state index in [1.807, 2.05) is 39.0 Å². The van der Waals surface area contributed by atoms with E-state index in [4.69, 9.17) is 42.6 Å². The number of piperidine rings is 1. The van der Waals surface area contributed by atoms with Crippen LogP contribution in [0.25, 0.3) is 11.4 Å². The van der Waals surface area contributed by atoms with Crippen LogP contribution in [0, 0.1) is 5.92 Å². The fourth-order valence-electron chi connectivity index (χ4n) is 5.47. The molecule has 0 unspecified atom stereocenters. The number of hydrogen-bond acceptors (Lipinski definition) is 9. The summed E-state index contributed by atoms with van der Waals surface area (Å²) in [5.74, 6) is 2.66. The SMILES string of the molecule is CC(=O)NCC1CCN(Cc2cc(Oc3ccc(N4CCN(C(=O)OC(C)(C)C)CC4)nc3)nc(-c3cc(Cl)cc(Cl)c3)n2)CC1. The number of nitrogens with zero attached hydrogens (tertiary/aromatic N) is 6. The minimum absolute atomic E-state index is 0.00700. The van der Waals surface area contributed by atoms with Crippen molar-refractivity contribution in [1.82, 2.24) is 30.1 Å². The number of likely N-dealkylation sites (tertiary alicyclic amines) is 1. The maximum atomic E-state index is 12.4. The van der Waals surface area contributed by atoms with Gasteiger partial charge in [0.05, 0.1) is 11.9 Å². The Morgan fingerprint density at radius 3 is 2.26 bits per heavy atom. The summed E-state index contributed by atoms with van der Waals surface area (Å²) in [5, 5.41) is 3.92. The highest BCUT2D eigenvalue weighted by atomic mass is 35.5. The number of amides is 2. The molecule has 0 atom stereocenters. The van der Waals surface area contributed by atoms with E-state index in [1.165, 1.54) is 0 Å². The molecule has 0 saturated carbocycles. The van der Waals surface area contributed by atoms with Crippen LogP contribution in [-0.2, 0) is 16.1 Å². The maximum absolute atomic E-state index is 12.4. The topological polar surface area (TPSA) is 113 Å². The summed E-state index contributed by atoms with van der Waals surface area (Å²) in [4.78, 5) is 44.1. The summed E-state index contributed by atoms with van der Waals surface area (Å²) in [5.41, 5.74) is 0.978. The molecule has 3 aromatic rings. The highest BCUT2D eigenvalue weighted by molar-refractivity contribution is 6.35. The number of ether oxygens (including phenoxy) is 2. The van der Waals surface area contributed by atoms with Crippen LogP contribution in [0.1, 0.15) is 46.2 Å². The molecule has 2 saturated heterocycles. The van der Waals surface area contributed by atoms with Gasteiger partial charge >= 0.3 is 6.09 Å². The normalized spacial score (nSPS) is 16.3. The van der Waals surface area contributed by atoms with Crippen LogP contribution >= 0.6 is 23.2 Å². The van der Waals surface area contributed by atoms with Gasteiger partial charge in [0.25, 0.3) is 0 Å². The molecule has 1 N–H and O–H groups in total. The quantitative estimate of drug-likeness (QED) is 0.307. The molecule has 1 aromatic carbocycles. The molecule has 246 valence electrons. The first-order chi connectivity index (χ1) is 21.9. The highest BCUT2D eigenvalue weighted by Gasteiger charge is 2.26. The van der Waals surface area contributed by atoms with E-state index < -0.39 is 5.60 Å². The van der Waals surface area contributed by atoms with Crippen molar-refractivity contribution in [2.45, 2.75) is 52.7 Å². The van der Waals surface area contributed by atoms with Crippen LogP contribution in [0.4, 0.5) is 10.6 Å². The number of aromatic nitrogens is 3. The van der Waals surface area contributed by atoms with Crippen molar-refractivity contribution in [2.75, 3.05) is 50.7 Å². The van der Waals surface area contributed by atoms with Crippen molar-refractivity contribution in [2.24, 2.45) is 5.92 Å². The van der Waals surface area contributed by atoms with Crippen LogP contribution in [0.2, 0.25) is 10.0 Å². The van der Waals surface area contributed by atoms with E-state index >= 15 is 0 Å². The molecule has 4 heterocycles. The Morgan fingerprint density at radius 2 is 1.65 bits per heavy atom. The standard InChI is InChI=1S/C33H41Cl2N7O4/c1-22(43)36-19-23-7-9-40(10-8-23)21-27-18-30(39-31(38-27)24-15-25(34)17-26(35)16-24)45-28-5-6-29(37-20-28)41-11-13-42(14-12-41)32(44)46-33(2,3)4/h5-6,15-18,20,23H,7-14,19,21H2,1-4H3,(H,36,43). The van der Waals surface area contributed by atoms with Gasteiger partial charge in [0.15, 0.2) is 5.82 Å². The lowest BCUT2D eigenvalue weighted by molar-refractivity contribution is -0.119. The van der Waals surface area contributed by atoms with Crippen LogP contribution < -0.4 is 15.0 Å². The van der Waals surface area contributed by atoms with E-state index in [0.717, 1.165) is 37.4 Å². The fourth-order valence-corrected chi connectivity index (χ4v) is 5.99. The number of rotatable bonds is 8. The van der Waals surface area contributed by atoms with E-state index in [0.29, 0.717) is 78.2 Å². The Kier molecular flexibility index (Phi) is 10.9. The second kappa shape index (κ2) is 14.8. The number of pyridine rings is 1. The summed E-state index contributed by atoms with van der Waals surface area (Å²) >= 11 is 12.6. The summed E-state index contributed by atoms with van der Waals surface area (Å²) in [6, 6.07) is 10.8. The third-order valence-corrected chi connectivity index (χ3v) is 8.24. The van der Waals surface area contributed by atoms with Gasteiger partial charge in [-0.15, -0.1) is 0 Å². The molecule has 5 rings (SSSR count). The van der Waals surface area contributed by atoms with Crippen molar-refractivity contribution in [1.29, 1.82) is 0 Å². The van der Waals surface area contributed by atoms with Crippen molar-refractivity contribution < 1.29 is 19.1 Å². The van der Waals surface area contributed by atoms with Crippen molar-refractivity contribution in [3.05, 3.63) is 58.3 Å². The lowest BCUT2D eigenvalue weighted by atomic mass is 9.96. The van der Waals surface area contributed by atoms with Gasteiger partial charge in [-0.05, 0) is 83.0 Å². The molecular weight excluding hydrogens is 629 g/mol. The zero-order valence-electron chi connectivity index (χ0n) is 26.8. The number of carbonyl (C=O) groups is 2. The number of halogens is 2. The minimum Gasteiger partial charge on any atom is -0.444 e. The summed E-state index contributed by atoms with van der Waals surface area (Å²) in [6.07, 6.45) is 3.38. The monoisotopic (exact) mass is 669 g/mol. The average Bonchev–Trinajstić information content (AvgIpc) is 3.00. The predicted octanol–water partition coefficient (Wildman–Crippen LogP) is 6.04. The van der Waals surface area contributed by atoms with E-state index in [9.17, 15) is 9.59 Å². The number of anilines is 1. The van der Waals surface area contributed by atoms with Crippen molar-refractivity contribution >= 4 is 41.0 Å². The van der Waals surface area contributed by atoms with Crippen molar-refractivity contribution in [3.8, 4) is 23.0 Å². The summed E-state index contributed by atoms with van der Waals surface area (Å²) < 4.78 is 11.7. The van der Waals surface area contributed by atoms with Gasteiger partial charge in [-0.2, -0.15) is 4.98 Å². The van der Waals surface area contributed by atoms with Gasteiger partial charge in [-0.25, -0.2) is 14.8 Å². The van der Waals surface area contributed by atoms with Crippen LogP contribution in [-0.4, -0.2) is 88.2 Å². The molecular formula is C33H41Cl2N7O4. The number of benzene rings is 1. The molecule has 0 aliphatic carbocycles. The van der Waals surface area contributed by atoms with Gasteiger partial charge in [0.1, 0.15) is 17.2 Å². The van der Waals surface area contributed by atoms with Crippen molar-refractivity contribution in [3.63, 3.8) is 0 Å². The molecule has 2 aromatic heterocycles. The summed E-state index contributed by atoms with van der Waals surface area (Å²) in [6.45, 7) is 12.7. The Bertz CT molecular complexity index is 1500.